The van der Waals surface area contributed by atoms with E-state index in [1.54, 1.807) is 12.1 Å². The lowest BCUT2D eigenvalue weighted by Gasteiger charge is -2.45. The number of rotatable bonds is 3. The van der Waals surface area contributed by atoms with Gasteiger partial charge in [-0.25, -0.2) is 4.39 Å². The van der Waals surface area contributed by atoms with Gasteiger partial charge in [0, 0.05) is 45.7 Å². The van der Waals surface area contributed by atoms with Crippen LogP contribution in [0.3, 0.4) is 0 Å². The molecule has 2 fully saturated rings. The van der Waals surface area contributed by atoms with Crippen LogP contribution >= 0.6 is 0 Å². The van der Waals surface area contributed by atoms with Crippen LogP contribution in [0, 0.1) is 5.82 Å². The number of halogens is 1. The molecule has 1 aromatic carbocycles. The highest BCUT2D eigenvalue weighted by molar-refractivity contribution is 5.20. The zero-order valence-corrected chi connectivity index (χ0v) is 12.7. The maximum atomic E-state index is 13.0. The van der Waals surface area contributed by atoms with Gasteiger partial charge in [0.05, 0.1) is 12.2 Å². The molecule has 0 aromatic heterocycles. The van der Waals surface area contributed by atoms with Crippen LogP contribution < -0.4 is 0 Å². The Kier molecular flexibility index (Phi) is 4.57. The third kappa shape index (κ3) is 3.62. The first-order chi connectivity index (χ1) is 10.2. The van der Waals surface area contributed by atoms with E-state index < -0.39 is 0 Å². The van der Waals surface area contributed by atoms with Crippen LogP contribution in [0.15, 0.2) is 24.3 Å². The van der Waals surface area contributed by atoms with Gasteiger partial charge in [0.1, 0.15) is 5.82 Å². The van der Waals surface area contributed by atoms with E-state index in [2.05, 4.69) is 11.8 Å². The molecule has 0 amide bonds. The average Bonchev–Trinajstić information content (AvgIpc) is 2.49. The molecule has 21 heavy (non-hydrogen) atoms. The van der Waals surface area contributed by atoms with Crippen molar-refractivity contribution in [3.8, 4) is 0 Å². The summed E-state index contributed by atoms with van der Waals surface area (Å²) in [5.41, 5.74) is 1.20. The van der Waals surface area contributed by atoms with Gasteiger partial charge in [-0.15, -0.1) is 0 Å². The molecule has 0 bridgehead atoms. The quantitative estimate of drug-likeness (QED) is 0.855. The zero-order valence-electron chi connectivity index (χ0n) is 12.7. The smallest absolute Gasteiger partial charge is 0.123 e. The predicted molar refractivity (Wildman–Crippen MR) is 80.0 cm³/mol. The molecule has 0 radical (unpaired) electrons. The number of nitrogens with zero attached hydrogens (tertiary/aromatic N) is 1. The second-order valence-corrected chi connectivity index (χ2v) is 6.33. The summed E-state index contributed by atoms with van der Waals surface area (Å²) in [7, 11) is 0. The second-order valence-electron chi connectivity index (χ2n) is 6.33. The topological polar surface area (TPSA) is 21.7 Å². The fourth-order valence-electron chi connectivity index (χ4n) is 3.41. The highest BCUT2D eigenvalue weighted by Gasteiger charge is 2.38. The molecule has 2 aliphatic heterocycles. The largest absolute Gasteiger partial charge is 0.381 e. The molecular formula is C17H24FNO2. The Balaban J connectivity index is 1.60. The predicted octanol–water partition coefficient (Wildman–Crippen LogP) is 2.81. The molecule has 3 nitrogen and oxygen atoms in total. The van der Waals surface area contributed by atoms with E-state index in [9.17, 15) is 4.39 Å². The SMILES string of the molecule is C[C@@H](CN1CCOC2(CCOCC2)C1)c1ccc(F)cc1. The molecule has 2 aliphatic rings. The van der Waals surface area contributed by atoms with Crippen molar-refractivity contribution in [1.82, 2.24) is 4.90 Å². The monoisotopic (exact) mass is 293 g/mol. The van der Waals surface area contributed by atoms with E-state index in [1.807, 2.05) is 12.1 Å². The summed E-state index contributed by atoms with van der Waals surface area (Å²) < 4.78 is 24.5. The van der Waals surface area contributed by atoms with Crippen LogP contribution in [0.1, 0.15) is 31.2 Å². The van der Waals surface area contributed by atoms with Crippen LogP contribution in [0.4, 0.5) is 4.39 Å². The molecule has 1 aromatic rings. The minimum absolute atomic E-state index is 0.000976. The number of morpholine rings is 1. The van der Waals surface area contributed by atoms with Gasteiger partial charge in [-0.3, -0.25) is 4.90 Å². The number of benzene rings is 1. The molecular weight excluding hydrogens is 269 g/mol. The summed E-state index contributed by atoms with van der Waals surface area (Å²) in [6.45, 7) is 7.59. The summed E-state index contributed by atoms with van der Waals surface area (Å²) in [5, 5.41) is 0. The Hall–Kier alpha value is -0.970. The third-order valence-corrected chi connectivity index (χ3v) is 4.70. The fourth-order valence-corrected chi connectivity index (χ4v) is 3.41. The molecule has 0 saturated carbocycles. The van der Waals surface area contributed by atoms with E-state index in [-0.39, 0.29) is 11.4 Å². The lowest BCUT2D eigenvalue weighted by molar-refractivity contribution is -0.154. The fraction of sp³-hybridized carbons (Fsp3) is 0.647. The third-order valence-electron chi connectivity index (χ3n) is 4.70. The van der Waals surface area contributed by atoms with Crippen molar-refractivity contribution in [1.29, 1.82) is 0 Å². The number of hydrogen-bond donors (Lipinski definition) is 0. The molecule has 0 N–H and O–H groups in total. The van der Waals surface area contributed by atoms with Crippen LogP contribution in [-0.4, -0.2) is 50.0 Å². The first-order valence-corrected chi connectivity index (χ1v) is 7.86. The second kappa shape index (κ2) is 6.42. The highest BCUT2D eigenvalue weighted by atomic mass is 19.1. The summed E-state index contributed by atoms with van der Waals surface area (Å²) in [4.78, 5) is 2.49. The van der Waals surface area contributed by atoms with Crippen LogP contribution in [0.25, 0.3) is 0 Å². The average molecular weight is 293 g/mol. The van der Waals surface area contributed by atoms with E-state index in [0.717, 1.165) is 52.3 Å². The lowest BCUT2D eigenvalue weighted by Crippen LogP contribution is -2.54. The molecule has 0 unspecified atom stereocenters. The van der Waals surface area contributed by atoms with Gasteiger partial charge >= 0.3 is 0 Å². The molecule has 3 rings (SSSR count). The van der Waals surface area contributed by atoms with Gasteiger partial charge in [0.25, 0.3) is 0 Å². The van der Waals surface area contributed by atoms with Gasteiger partial charge in [-0.05, 0) is 23.6 Å². The highest BCUT2D eigenvalue weighted by Crippen LogP contribution is 2.30. The Labute approximate surface area is 126 Å². The van der Waals surface area contributed by atoms with Crippen molar-refractivity contribution >= 4 is 0 Å². The minimum atomic E-state index is -0.168. The summed E-state index contributed by atoms with van der Waals surface area (Å²) >= 11 is 0. The normalized spacial score (nSPS) is 24.1. The van der Waals surface area contributed by atoms with E-state index in [0.29, 0.717) is 5.92 Å². The minimum Gasteiger partial charge on any atom is -0.381 e. The molecule has 1 atom stereocenters. The van der Waals surface area contributed by atoms with E-state index in [1.165, 1.54) is 5.56 Å². The van der Waals surface area contributed by atoms with Gasteiger partial charge in [0.15, 0.2) is 0 Å². The van der Waals surface area contributed by atoms with Crippen LogP contribution in [0.2, 0.25) is 0 Å². The Morgan fingerprint density at radius 3 is 2.62 bits per heavy atom. The van der Waals surface area contributed by atoms with Gasteiger partial charge in [0.2, 0.25) is 0 Å². The van der Waals surface area contributed by atoms with Crippen molar-refractivity contribution in [3.63, 3.8) is 0 Å². The molecule has 0 aliphatic carbocycles. The standard InChI is InChI=1S/C17H24FNO2/c1-14(15-2-4-16(18)5-3-15)12-19-8-11-21-17(13-19)6-9-20-10-7-17/h2-5,14H,6-13H2,1H3/t14-/m0/s1. The van der Waals surface area contributed by atoms with Crippen molar-refractivity contribution in [3.05, 3.63) is 35.6 Å². The molecule has 1 spiro atoms. The van der Waals surface area contributed by atoms with Crippen LogP contribution in [-0.2, 0) is 9.47 Å². The summed E-state index contributed by atoms with van der Waals surface area (Å²) in [6.07, 6.45) is 1.99. The van der Waals surface area contributed by atoms with Gasteiger partial charge in [-0.2, -0.15) is 0 Å². The number of hydrogen-bond acceptors (Lipinski definition) is 3. The first kappa shape index (κ1) is 14.9. The maximum Gasteiger partial charge on any atom is 0.123 e. The Bertz CT molecular complexity index is 451. The van der Waals surface area contributed by atoms with Crippen molar-refractivity contribution < 1.29 is 13.9 Å². The summed E-state index contributed by atoms with van der Waals surface area (Å²) in [6, 6.07) is 6.88. The van der Waals surface area contributed by atoms with Crippen molar-refractivity contribution in [2.45, 2.75) is 31.3 Å². The Morgan fingerprint density at radius 1 is 1.19 bits per heavy atom. The van der Waals surface area contributed by atoms with E-state index >= 15 is 0 Å². The molecule has 2 heterocycles. The van der Waals surface area contributed by atoms with Gasteiger partial charge in [-0.1, -0.05) is 19.1 Å². The lowest BCUT2D eigenvalue weighted by atomic mass is 9.91. The van der Waals surface area contributed by atoms with Crippen molar-refractivity contribution in [2.24, 2.45) is 0 Å². The Morgan fingerprint density at radius 2 is 1.90 bits per heavy atom. The summed E-state index contributed by atoms with van der Waals surface area (Å²) in [5.74, 6) is 0.235. The van der Waals surface area contributed by atoms with Crippen LogP contribution in [0.5, 0.6) is 0 Å². The maximum absolute atomic E-state index is 13.0. The molecule has 2 saturated heterocycles. The van der Waals surface area contributed by atoms with E-state index in [4.69, 9.17) is 9.47 Å². The number of ether oxygens (including phenoxy) is 2. The molecule has 116 valence electrons. The zero-order chi connectivity index (χ0) is 14.7. The van der Waals surface area contributed by atoms with Crippen molar-refractivity contribution in [2.75, 3.05) is 39.5 Å². The molecule has 4 heteroatoms. The first-order valence-electron chi connectivity index (χ1n) is 7.86. The van der Waals surface area contributed by atoms with Gasteiger partial charge < -0.3 is 9.47 Å².